The molecule has 0 saturated carbocycles. The van der Waals surface area contributed by atoms with Crippen LogP contribution >= 0.6 is 0 Å². The molecule has 1 aromatic rings. The summed E-state index contributed by atoms with van der Waals surface area (Å²) in [5.74, 6) is -0.927. The average molecular weight is 546 g/mol. The number of aliphatic hydroxyl groups is 1. The molecule has 9 heteroatoms. The smallest absolute Gasteiger partial charge is 0.308 e. The van der Waals surface area contributed by atoms with Crippen molar-refractivity contribution in [2.24, 2.45) is 17.1 Å². The first-order valence-corrected chi connectivity index (χ1v) is 14.3. The molecule has 1 fully saturated rings. The Kier molecular flexibility index (Phi) is 11.2. The zero-order valence-corrected chi connectivity index (χ0v) is 24.0. The molecular weight excluding hydrogens is 498 g/mol. The number of likely N-dealkylation sites (tertiary alicyclic amines) is 1. The van der Waals surface area contributed by atoms with Crippen LogP contribution in [0, 0.1) is 11.3 Å². The molecule has 0 bridgehead atoms. The van der Waals surface area contributed by atoms with Crippen LogP contribution in [0.25, 0.3) is 0 Å². The lowest BCUT2D eigenvalue weighted by molar-refractivity contribution is -0.144. The van der Waals surface area contributed by atoms with Gasteiger partial charge in [-0.05, 0) is 62.3 Å². The number of nitrogens with two attached hydrogens (primary N) is 1. The molecule has 2 aliphatic rings. The van der Waals surface area contributed by atoms with E-state index in [0.717, 1.165) is 31.2 Å². The number of allylic oxidation sites excluding steroid dienone is 2. The fourth-order valence-corrected chi connectivity index (χ4v) is 6.01. The molecule has 1 aromatic carbocycles. The van der Waals surface area contributed by atoms with Gasteiger partial charge in [0.15, 0.2) is 11.5 Å². The van der Waals surface area contributed by atoms with Gasteiger partial charge >= 0.3 is 5.97 Å². The molecule has 1 amide bonds. The van der Waals surface area contributed by atoms with Crippen LogP contribution in [0.1, 0.15) is 76.8 Å². The summed E-state index contributed by atoms with van der Waals surface area (Å²) >= 11 is 0. The number of hydrogen-bond donors (Lipinski definition) is 3. The third-order valence-electron chi connectivity index (χ3n) is 7.91. The summed E-state index contributed by atoms with van der Waals surface area (Å²) in [6, 6.07) is 3.32. The highest BCUT2D eigenvalue weighted by Gasteiger charge is 2.49. The fraction of sp³-hybridized carbons (Fsp3) is 0.667. The van der Waals surface area contributed by atoms with E-state index >= 15 is 0 Å². The Labute approximate surface area is 232 Å². The number of unbranched alkanes of at least 4 members (excludes halogenated alkanes) is 2. The second kappa shape index (κ2) is 14.1. The summed E-state index contributed by atoms with van der Waals surface area (Å²) in [6.45, 7) is 10.6. The first kappa shape index (κ1) is 30.9. The Bertz CT molecular complexity index is 1010. The number of rotatable bonds is 15. The van der Waals surface area contributed by atoms with Gasteiger partial charge in [0.05, 0.1) is 19.1 Å². The van der Waals surface area contributed by atoms with Gasteiger partial charge in [0.2, 0.25) is 12.7 Å². The van der Waals surface area contributed by atoms with Gasteiger partial charge in [-0.1, -0.05) is 39.3 Å². The Morgan fingerprint density at radius 2 is 1.95 bits per heavy atom. The zero-order valence-electron chi connectivity index (χ0n) is 24.0. The molecule has 3 atom stereocenters. The number of carboxylic acids is 1. The second-order valence-corrected chi connectivity index (χ2v) is 11.5. The lowest BCUT2D eigenvalue weighted by Crippen LogP contribution is -2.46. The molecule has 0 unspecified atom stereocenters. The molecule has 4 N–H and O–H groups in total. The van der Waals surface area contributed by atoms with Crippen molar-refractivity contribution in [1.82, 2.24) is 9.80 Å². The lowest BCUT2D eigenvalue weighted by atomic mass is 9.77. The number of nitrogens with zero attached hydrogens (tertiary/aromatic N) is 2. The van der Waals surface area contributed by atoms with Gasteiger partial charge in [-0.15, -0.1) is 0 Å². The Balaban J connectivity index is 1.96. The maximum Gasteiger partial charge on any atom is 0.308 e. The van der Waals surface area contributed by atoms with Crippen molar-refractivity contribution in [3.8, 4) is 11.5 Å². The molecule has 0 radical (unpaired) electrons. The normalized spacial score (nSPS) is 21.1. The molecule has 39 heavy (non-hydrogen) atoms. The molecule has 218 valence electrons. The number of aliphatic carboxylic acids is 1. The Morgan fingerprint density at radius 1 is 1.21 bits per heavy atom. The third kappa shape index (κ3) is 7.74. The van der Waals surface area contributed by atoms with Crippen molar-refractivity contribution in [3.63, 3.8) is 0 Å². The predicted molar refractivity (Wildman–Crippen MR) is 151 cm³/mol. The van der Waals surface area contributed by atoms with Crippen LogP contribution in [0.4, 0.5) is 0 Å². The highest BCUT2D eigenvalue weighted by Crippen LogP contribution is 2.46. The topological polar surface area (TPSA) is 126 Å². The van der Waals surface area contributed by atoms with Crippen LogP contribution in [0.3, 0.4) is 0 Å². The average Bonchev–Trinajstić information content (AvgIpc) is 3.50. The number of carbonyl (C=O) groups excluding carboxylic acids is 1. The first-order chi connectivity index (χ1) is 18.6. The summed E-state index contributed by atoms with van der Waals surface area (Å²) in [5.41, 5.74) is 6.80. The van der Waals surface area contributed by atoms with E-state index in [4.69, 9.17) is 15.2 Å². The molecule has 9 nitrogen and oxygen atoms in total. The van der Waals surface area contributed by atoms with Crippen molar-refractivity contribution in [3.05, 3.63) is 35.4 Å². The molecule has 0 aliphatic carbocycles. The van der Waals surface area contributed by atoms with Crippen LogP contribution in [-0.2, 0) is 16.2 Å². The Hall–Kier alpha value is -2.62. The number of benzene rings is 1. The minimum absolute atomic E-state index is 0.0285. The van der Waals surface area contributed by atoms with E-state index in [1.807, 2.05) is 30.0 Å². The van der Waals surface area contributed by atoms with Crippen LogP contribution in [0.2, 0.25) is 0 Å². The maximum absolute atomic E-state index is 13.6. The molecular formula is C30H47N3O6. The summed E-state index contributed by atoms with van der Waals surface area (Å²) in [5, 5.41) is 20.5. The van der Waals surface area contributed by atoms with Crippen molar-refractivity contribution in [2.75, 3.05) is 39.5 Å². The Morgan fingerprint density at radius 3 is 2.59 bits per heavy atom. The van der Waals surface area contributed by atoms with Crippen LogP contribution < -0.4 is 15.2 Å². The highest BCUT2D eigenvalue weighted by atomic mass is 16.7. The van der Waals surface area contributed by atoms with E-state index in [2.05, 4.69) is 31.7 Å². The van der Waals surface area contributed by atoms with E-state index in [0.29, 0.717) is 49.7 Å². The summed E-state index contributed by atoms with van der Waals surface area (Å²) < 4.78 is 11.1. The van der Waals surface area contributed by atoms with Crippen LogP contribution in [0.5, 0.6) is 11.5 Å². The number of hydrogen-bond acceptors (Lipinski definition) is 7. The van der Waals surface area contributed by atoms with Gasteiger partial charge in [0.1, 0.15) is 0 Å². The van der Waals surface area contributed by atoms with E-state index in [1.165, 1.54) is 0 Å². The number of aliphatic hydroxyl groups excluding tert-OH is 1. The van der Waals surface area contributed by atoms with Gasteiger partial charge < -0.3 is 30.3 Å². The maximum atomic E-state index is 13.6. The van der Waals surface area contributed by atoms with E-state index < -0.39 is 11.9 Å². The predicted octanol–water partition coefficient (Wildman–Crippen LogP) is 3.74. The second-order valence-electron chi connectivity index (χ2n) is 11.5. The van der Waals surface area contributed by atoms with Gasteiger partial charge in [-0.2, -0.15) is 0 Å². The standard InChI is InChI=1S/C30H47N3O6/c1-5-7-12-32(13-9-8-11-31)26(35)18-33-17-23(21-14-22(19-34)28-25(15-21)38-20-39-28)27(29(36)37)24(33)16-30(3,4)10-6-2/h6,10,14-15,23-24,27,34H,5,7-9,11-13,16-20,31H2,1-4H3,(H,36,37)/b10-6+/t23-,24+,27-/m1/s1. The first-order valence-electron chi connectivity index (χ1n) is 14.3. The number of amides is 1. The van der Waals surface area contributed by atoms with Gasteiger partial charge in [0, 0.05) is 37.2 Å². The largest absolute Gasteiger partial charge is 0.481 e. The third-order valence-corrected chi connectivity index (χ3v) is 7.91. The molecule has 0 spiro atoms. The molecule has 1 saturated heterocycles. The van der Waals surface area contributed by atoms with Crippen molar-refractivity contribution in [2.45, 2.75) is 78.4 Å². The number of ether oxygens (including phenoxy) is 2. The highest BCUT2D eigenvalue weighted by molar-refractivity contribution is 5.79. The van der Waals surface area contributed by atoms with Gasteiger partial charge in [-0.3, -0.25) is 14.5 Å². The van der Waals surface area contributed by atoms with Crippen molar-refractivity contribution in [1.29, 1.82) is 0 Å². The summed E-state index contributed by atoms with van der Waals surface area (Å²) in [4.78, 5) is 30.5. The summed E-state index contributed by atoms with van der Waals surface area (Å²) in [7, 11) is 0. The molecule has 2 heterocycles. The SMILES string of the molecule is C/C=C/C(C)(C)C[C@H]1[C@H](C(=O)O)[C@@H](c2cc(CO)c3c(c2)OCO3)CN1CC(=O)N(CCCC)CCCCN. The number of carboxylic acid groups (broad SMARTS) is 1. The monoisotopic (exact) mass is 545 g/mol. The lowest BCUT2D eigenvalue weighted by Gasteiger charge is -2.34. The van der Waals surface area contributed by atoms with Gasteiger partial charge in [0.25, 0.3) is 0 Å². The zero-order chi connectivity index (χ0) is 28.6. The molecule has 3 rings (SSSR count). The van der Waals surface area contributed by atoms with Crippen LogP contribution in [-0.4, -0.2) is 77.4 Å². The summed E-state index contributed by atoms with van der Waals surface area (Å²) in [6.07, 6.45) is 8.32. The minimum Gasteiger partial charge on any atom is -0.481 e. The van der Waals surface area contributed by atoms with Crippen LogP contribution in [0.15, 0.2) is 24.3 Å². The van der Waals surface area contributed by atoms with Crippen molar-refractivity contribution >= 4 is 11.9 Å². The fourth-order valence-electron chi connectivity index (χ4n) is 6.01. The van der Waals surface area contributed by atoms with E-state index in [9.17, 15) is 19.8 Å². The minimum atomic E-state index is -0.884. The number of carbonyl (C=O) groups is 2. The van der Waals surface area contributed by atoms with Gasteiger partial charge in [-0.25, -0.2) is 0 Å². The molecule has 0 aromatic heterocycles. The van der Waals surface area contributed by atoms with E-state index in [1.54, 1.807) is 0 Å². The quantitative estimate of drug-likeness (QED) is 0.225. The van der Waals surface area contributed by atoms with E-state index in [-0.39, 0.29) is 43.2 Å². The van der Waals surface area contributed by atoms with Crippen molar-refractivity contribution < 1.29 is 29.3 Å². The molecule has 2 aliphatic heterocycles. The number of fused-ring (bicyclic) bond motifs is 1.